The molecule has 2 aromatic carbocycles. The highest BCUT2D eigenvalue weighted by Gasteiger charge is 2.08. The van der Waals surface area contributed by atoms with Crippen LogP contribution in [0.3, 0.4) is 0 Å². The molecule has 4 rings (SSSR count). The van der Waals surface area contributed by atoms with Crippen LogP contribution in [0.1, 0.15) is 5.56 Å². The second-order valence-electron chi connectivity index (χ2n) is 5.38. The van der Waals surface area contributed by atoms with E-state index in [1.807, 2.05) is 48.5 Å². The molecule has 0 amide bonds. The molecule has 0 bridgehead atoms. The number of anilines is 2. The Bertz CT molecular complexity index is 975. The Morgan fingerprint density at radius 3 is 2.74 bits per heavy atom. The number of nitrogen functional groups attached to an aromatic ring is 1. The van der Waals surface area contributed by atoms with Crippen molar-refractivity contribution in [3.63, 3.8) is 0 Å². The average Bonchev–Trinajstić information content (AvgIpc) is 2.94. The molecule has 0 radical (unpaired) electrons. The molecule has 0 saturated carbocycles. The van der Waals surface area contributed by atoms with Crippen molar-refractivity contribution in [2.75, 3.05) is 17.6 Å². The fourth-order valence-electron chi connectivity index (χ4n) is 2.67. The van der Waals surface area contributed by atoms with E-state index in [0.717, 1.165) is 39.7 Å². The molecule has 23 heavy (non-hydrogen) atoms. The van der Waals surface area contributed by atoms with Gasteiger partial charge in [-0.3, -0.25) is 0 Å². The molecule has 6 heteroatoms. The van der Waals surface area contributed by atoms with Crippen molar-refractivity contribution >= 4 is 33.7 Å². The Hall–Kier alpha value is -3.15. The van der Waals surface area contributed by atoms with Gasteiger partial charge in [0, 0.05) is 23.1 Å². The Kier molecular flexibility index (Phi) is 3.27. The number of nitrogens with zero attached hydrogens (tertiary/aromatic N) is 3. The molecule has 4 aromatic rings. The summed E-state index contributed by atoms with van der Waals surface area (Å²) < 4.78 is 0. The summed E-state index contributed by atoms with van der Waals surface area (Å²) in [6.45, 7) is 0.696. The second-order valence-corrected chi connectivity index (χ2v) is 5.38. The second kappa shape index (κ2) is 5.57. The molecular weight excluding hydrogens is 288 g/mol. The summed E-state index contributed by atoms with van der Waals surface area (Å²) in [6, 6.07) is 15.8. The van der Waals surface area contributed by atoms with E-state index in [1.165, 1.54) is 0 Å². The van der Waals surface area contributed by atoms with Gasteiger partial charge in [-0.15, -0.1) is 10.2 Å². The molecule has 0 unspecified atom stereocenters. The number of hydrogen-bond acceptors (Lipinski definition) is 5. The number of nitrogens with one attached hydrogen (secondary N) is 2. The summed E-state index contributed by atoms with van der Waals surface area (Å²) in [4.78, 5) is 7.76. The van der Waals surface area contributed by atoms with Crippen molar-refractivity contribution in [2.45, 2.75) is 6.42 Å². The van der Waals surface area contributed by atoms with Crippen LogP contribution in [0.4, 0.5) is 11.6 Å². The Labute approximate surface area is 132 Å². The van der Waals surface area contributed by atoms with Crippen LogP contribution < -0.4 is 11.1 Å². The van der Waals surface area contributed by atoms with Crippen molar-refractivity contribution in [1.29, 1.82) is 0 Å². The van der Waals surface area contributed by atoms with Gasteiger partial charge in [-0.2, -0.15) is 4.98 Å². The number of benzene rings is 2. The third-order valence-corrected chi connectivity index (χ3v) is 3.85. The summed E-state index contributed by atoms with van der Waals surface area (Å²) in [5, 5.41) is 12.7. The highest BCUT2D eigenvalue weighted by molar-refractivity contribution is 6.03. The minimum absolute atomic E-state index is 0.513. The van der Waals surface area contributed by atoms with Gasteiger partial charge in [0.15, 0.2) is 5.65 Å². The summed E-state index contributed by atoms with van der Waals surface area (Å²) in [5.41, 5.74) is 10.4. The molecule has 0 saturated heterocycles. The first-order chi connectivity index (χ1) is 11.3. The molecule has 2 heterocycles. The first-order valence-electron chi connectivity index (χ1n) is 7.49. The van der Waals surface area contributed by atoms with Crippen molar-refractivity contribution < 1.29 is 0 Å². The van der Waals surface area contributed by atoms with E-state index in [-0.39, 0.29) is 0 Å². The maximum Gasteiger partial charge on any atom is 0.244 e. The number of hydrogen-bond donors (Lipinski definition) is 3. The van der Waals surface area contributed by atoms with Crippen LogP contribution in [0.25, 0.3) is 22.1 Å². The zero-order chi connectivity index (χ0) is 15.6. The normalized spacial score (nSPS) is 11.1. The molecular formula is C17H16N6. The third-order valence-electron chi connectivity index (χ3n) is 3.85. The number of para-hydroxylation sites is 2. The highest BCUT2D eigenvalue weighted by atomic mass is 15.2. The smallest absolute Gasteiger partial charge is 0.244 e. The van der Waals surface area contributed by atoms with Gasteiger partial charge >= 0.3 is 0 Å². The van der Waals surface area contributed by atoms with Crippen LogP contribution >= 0.6 is 0 Å². The van der Waals surface area contributed by atoms with Crippen LogP contribution in [0.2, 0.25) is 0 Å². The summed E-state index contributed by atoms with van der Waals surface area (Å²) >= 11 is 0. The van der Waals surface area contributed by atoms with Gasteiger partial charge in [0.2, 0.25) is 5.95 Å². The average molecular weight is 304 g/mol. The lowest BCUT2D eigenvalue weighted by Crippen LogP contribution is -2.09. The van der Waals surface area contributed by atoms with Gasteiger partial charge in [-0.05, 0) is 24.1 Å². The molecule has 6 nitrogen and oxygen atoms in total. The van der Waals surface area contributed by atoms with E-state index in [9.17, 15) is 0 Å². The van der Waals surface area contributed by atoms with Crippen molar-refractivity contribution in [2.24, 2.45) is 0 Å². The monoisotopic (exact) mass is 304 g/mol. The van der Waals surface area contributed by atoms with E-state index in [4.69, 9.17) is 5.73 Å². The van der Waals surface area contributed by atoms with Crippen LogP contribution in [0.5, 0.6) is 0 Å². The van der Waals surface area contributed by atoms with Gasteiger partial charge < -0.3 is 16.0 Å². The summed E-state index contributed by atoms with van der Waals surface area (Å²) in [5.74, 6) is 0.513. The Morgan fingerprint density at radius 1 is 1.00 bits per heavy atom. The van der Waals surface area contributed by atoms with Crippen molar-refractivity contribution in [3.8, 4) is 0 Å². The lowest BCUT2D eigenvalue weighted by molar-refractivity contribution is 0.952. The molecule has 0 fully saturated rings. The van der Waals surface area contributed by atoms with Gasteiger partial charge in [-0.1, -0.05) is 36.4 Å². The molecule has 0 aliphatic rings. The van der Waals surface area contributed by atoms with Gasteiger partial charge in [-0.25, -0.2) is 0 Å². The first-order valence-corrected chi connectivity index (χ1v) is 7.49. The van der Waals surface area contributed by atoms with Crippen molar-refractivity contribution in [1.82, 2.24) is 20.2 Å². The van der Waals surface area contributed by atoms with Gasteiger partial charge in [0.1, 0.15) is 5.52 Å². The van der Waals surface area contributed by atoms with Gasteiger partial charge in [0.05, 0.1) is 0 Å². The number of rotatable bonds is 4. The lowest BCUT2D eigenvalue weighted by atomic mass is 10.1. The van der Waals surface area contributed by atoms with Crippen LogP contribution in [0, 0.1) is 0 Å². The standard InChI is InChI=1S/C17H16N6/c18-13-7-3-1-5-11(13)9-10-19-17-21-16-15(22-23-17)12-6-2-4-8-14(12)20-16/h1-8H,9-10,18H2,(H2,19,20,21,23). The summed E-state index contributed by atoms with van der Waals surface area (Å²) in [6.07, 6.45) is 0.806. The zero-order valence-electron chi connectivity index (χ0n) is 12.5. The molecule has 0 atom stereocenters. The maximum atomic E-state index is 5.94. The van der Waals surface area contributed by atoms with E-state index < -0.39 is 0 Å². The van der Waals surface area contributed by atoms with Crippen LogP contribution in [0.15, 0.2) is 48.5 Å². The number of aromatic amines is 1. The fourth-order valence-corrected chi connectivity index (χ4v) is 2.67. The van der Waals surface area contributed by atoms with E-state index >= 15 is 0 Å². The predicted molar refractivity (Wildman–Crippen MR) is 92.2 cm³/mol. The number of fused-ring (bicyclic) bond motifs is 3. The van der Waals surface area contributed by atoms with Crippen LogP contribution in [-0.2, 0) is 6.42 Å². The predicted octanol–water partition coefficient (Wildman–Crippen LogP) is 2.74. The number of H-pyrrole nitrogens is 1. The Morgan fingerprint density at radius 2 is 1.83 bits per heavy atom. The largest absolute Gasteiger partial charge is 0.399 e. The third kappa shape index (κ3) is 2.55. The first kappa shape index (κ1) is 13.5. The van der Waals surface area contributed by atoms with Crippen molar-refractivity contribution in [3.05, 3.63) is 54.1 Å². The topological polar surface area (TPSA) is 92.5 Å². The molecule has 0 aliphatic carbocycles. The lowest BCUT2D eigenvalue weighted by Gasteiger charge is -2.06. The van der Waals surface area contributed by atoms with E-state index in [2.05, 4.69) is 25.5 Å². The number of aromatic nitrogens is 4. The minimum atomic E-state index is 0.513. The van der Waals surface area contributed by atoms with Crippen LogP contribution in [-0.4, -0.2) is 26.7 Å². The molecule has 114 valence electrons. The highest BCUT2D eigenvalue weighted by Crippen LogP contribution is 2.21. The number of nitrogens with two attached hydrogens (primary N) is 1. The molecule has 4 N–H and O–H groups in total. The zero-order valence-corrected chi connectivity index (χ0v) is 12.5. The SMILES string of the molecule is Nc1ccccc1CCNc1nnc2c(n1)[nH]c1ccccc12. The minimum Gasteiger partial charge on any atom is -0.399 e. The Balaban J connectivity index is 1.53. The maximum absolute atomic E-state index is 5.94. The molecule has 0 spiro atoms. The fraction of sp³-hybridized carbons (Fsp3) is 0.118. The van der Waals surface area contributed by atoms with E-state index in [0.29, 0.717) is 12.5 Å². The quantitative estimate of drug-likeness (QED) is 0.504. The molecule has 0 aliphatic heterocycles. The summed E-state index contributed by atoms with van der Waals surface area (Å²) in [7, 11) is 0. The van der Waals surface area contributed by atoms with E-state index in [1.54, 1.807) is 0 Å². The van der Waals surface area contributed by atoms with Gasteiger partial charge in [0.25, 0.3) is 0 Å². The molecule has 2 aromatic heterocycles.